The van der Waals surface area contributed by atoms with Crippen LogP contribution in [0.4, 0.5) is 10.1 Å². The first-order valence-electron chi connectivity index (χ1n) is 7.95. The molecule has 136 valence electrons. The molecule has 0 aliphatic carbocycles. The third-order valence-corrected chi connectivity index (χ3v) is 3.66. The van der Waals surface area contributed by atoms with Gasteiger partial charge in [0.25, 0.3) is 5.69 Å². The van der Waals surface area contributed by atoms with E-state index in [4.69, 9.17) is 9.47 Å². The summed E-state index contributed by atoms with van der Waals surface area (Å²) in [6, 6.07) is 17.7. The third-order valence-electron chi connectivity index (χ3n) is 3.66. The van der Waals surface area contributed by atoms with Crippen LogP contribution in [0.25, 0.3) is 0 Å². The van der Waals surface area contributed by atoms with Crippen LogP contribution in [-0.4, -0.2) is 10.9 Å². The lowest BCUT2D eigenvalue weighted by Gasteiger charge is -2.08. The SMILES string of the molecule is O=C(OCc1ccc(Oc2ccc([N+](=O)[O-])cc2)cc1)c1ccc(F)cc1. The van der Waals surface area contributed by atoms with E-state index in [-0.39, 0.29) is 17.9 Å². The molecular weight excluding hydrogens is 353 g/mol. The van der Waals surface area contributed by atoms with E-state index in [0.29, 0.717) is 11.5 Å². The van der Waals surface area contributed by atoms with Crippen LogP contribution < -0.4 is 4.74 Å². The van der Waals surface area contributed by atoms with Crippen LogP contribution in [0.5, 0.6) is 11.5 Å². The van der Waals surface area contributed by atoms with E-state index in [9.17, 15) is 19.3 Å². The lowest BCUT2D eigenvalue weighted by molar-refractivity contribution is -0.384. The summed E-state index contributed by atoms with van der Waals surface area (Å²) < 4.78 is 23.6. The first-order chi connectivity index (χ1) is 13.0. The molecule has 27 heavy (non-hydrogen) atoms. The molecule has 0 aromatic heterocycles. The van der Waals surface area contributed by atoms with Crippen molar-refractivity contribution in [1.29, 1.82) is 0 Å². The standard InChI is InChI=1S/C20H14FNO5/c21-16-5-3-15(4-6-16)20(23)26-13-14-1-9-18(10-2-14)27-19-11-7-17(8-12-19)22(24)25/h1-12H,13H2. The van der Waals surface area contributed by atoms with E-state index >= 15 is 0 Å². The van der Waals surface area contributed by atoms with Gasteiger partial charge in [0.05, 0.1) is 10.5 Å². The van der Waals surface area contributed by atoms with Crippen LogP contribution in [0.3, 0.4) is 0 Å². The number of benzene rings is 3. The Kier molecular flexibility index (Phi) is 5.41. The molecule has 3 aromatic rings. The molecule has 3 rings (SSSR count). The molecule has 0 saturated carbocycles. The van der Waals surface area contributed by atoms with Crippen molar-refractivity contribution in [2.24, 2.45) is 0 Å². The van der Waals surface area contributed by atoms with E-state index in [1.54, 1.807) is 24.3 Å². The summed E-state index contributed by atoms with van der Waals surface area (Å²) in [5.41, 5.74) is 1.01. The molecule has 6 nitrogen and oxygen atoms in total. The predicted octanol–water partition coefficient (Wildman–Crippen LogP) is 4.88. The molecule has 0 unspecified atom stereocenters. The number of hydrogen-bond donors (Lipinski definition) is 0. The van der Waals surface area contributed by atoms with Crippen LogP contribution in [0.1, 0.15) is 15.9 Å². The zero-order valence-corrected chi connectivity index (χ0v) is 14.0. The molecule has 0 spiro atoms. The Balaban J connectivity index is 1.56. The molecule has 0 radical (unpaired) electrons. The highest BCUT2D eigenvalue weighted by Gasteiger charge is 2.08. The number of non-ortho nitro benzene ring substituents is 1. The van der Waals surface area contributed by atoms with Crippen LogP contribution in [0.2, 0.25) is 0 Å². The molecule has 0 heterocycles. The second-order valence-electron chi connectivity index (χ2n) is 5.58. The Bertz CT molecular complexity index is 938. The predicted molar refractivity (Wildman–Crippen MR) is 95.1 cm³/mol. The van der Waals surface area contributed by atoms with Gasteiger partial charge in [-0.2, -0.15) is 0 Å². The number of hydrogen-bond acceptors (Lipinski definition) is 5. The number of halogens is 1. The van der Waals surface area contributed by atoms with Gasteiger partial charge < -0.3 is 9.47 Å². The molecule has 7 heteroatoms. The first-order valence-corrected chi connectivity index (χ1v) is 7.95. The highest BCUT2D eigenvalue weighted by atomic mass is 19.1. The van der Waals surface area contributed by atoms with Gasteiger partial charge in [0.2, 0.25) is 0 Å². The Hall–Kier alpha value is -3.74. The van der Waals surface area contributed by atoms with E-state index in [1.807, 2.05) is 0 Å². The molecule has 0 saturated heterocycles. The zero-order valence-electron chi connectivity index (χ0n) is 14.0. The van der Waals surface area contributed by atoms with Crippen molar-refractivity contribution in [3.8, 4) is 11.5 Å². The summed E-state index contributed by atoms with van der Waals surface area (Å²) in [7, 11) is 0. The van der Waals surface area contributed by atoms with Crippen molar-refractivity contribution in [2.75, 3.05) is 0 Å². The minimum absolute atomic E-state index is 0.0133. The van der Waals surface area contributed by atoms with Crippen LogP contribution in [-0.2, 0) is 11.3 Å². The zero-order chi connectivity index (χ0) is 19.2. The molecule has 0 aliphatic heterocycles. The second kappa shape index (κ2) is 8.09. The van der Waals surface area contributed by atoms with Crippen molar-refractivity contribution < 1.29 is 23.6 Å². The Labute approximate surface area is 153 Å². The molecule has 0 atom stereocenters. The van der Waals surface area contributed by atoms with E-state index in [2.05, 4.69) is 0 Å². The number of ether oxygens (including phenoxy) is 2. The highest BCUT2D eigenvalue weighted by Crippen LogP contribution is 2.24. The summed E-state index contributed by atoms with van der Waals surface area (Å²) >= 11 is 0. The molecule has 0 bridgehead atoms. The quantitative estimate of drug-likeness (QED) is 0.352. The van der Waals surface area contributed by atoms with Crippen molar-refractivity contribution >= 4 is 11.7 Å². The summed E-state index contributed by atoms with van der Waals surface area (Å²) in [5.74, 6) is 0.0462. The average molecular weight is 367 g/mol. The number of rotatable bonds is 6. The minimum atomic E-state index is -0.541. The average Bonchev–Trinajstić information content (AvgIpc) is 2.68. The van der Waals surface area contributed by atoms with Crippen LogP contribution in [0.15, 0.2) is 72.8 Å². The van der Waals surface area contributed by atoms with Gasteiger partial charge in [0, 0.05) is 12.1 Å². The second-order valence-corrected chi connectivity index (χ2v) is 5.58. The maximum atomic E-state index is 12.9. The van der Waals surface area contributed by atoms with Gasteiger partial charge in [-0.25, -0.2) is 9.18 Å². The number of carbonyl (C=O) groups excluding carboxylic acids is 1. The number of nitrogens with zero attached hydrogens (tertiary/aromatic N) is 1. The monoisotopic (exact) mass is 367 g/mol. The smallest absolute Gasteiger partial charge is 0.338 e. The maximum absolute atomic E-state index is 12.9. The van der Waals surface area contributed by atoms with Crippen molar-refractivity contribution in [3.05, 3.63) is 99.9 Å². The van der Waals surface area contributed by atoms with Gasteiger partial charge in [0.1, 0.15) is 23.9 Å². The van der Waals surface area contributed by atoms with Gasteiger partial charge in [-0.3, -0.25) is 10.1 Å². The third kappa shape index (κ3) is 4.88. The molecular formula is C20H14FNO5. The maximum Gasteiger partial charge on any atom is 0.338 e. The highest BCUT2D eigenvalue weighted by molar-refractivity contribution is 5.89. The first kappa shape index (κ1) is 18.1. The largest absolute Gasteiger partial charge is 0.457 e. The van der Waals surface area contributed by atoms with E-state index < -0.39 is 16.7 Å². The Morgan fingerprint density at radius 3 is 2.00 bits per heavy atom. The van der Waals surface area contributed by atoms with Crippen molar-refractivity contribution in [3.63, 3.8) is 0 Å². The fourth-order valence-electron chi connectivity index (χ4n) is 2.24. The van der Waals surface area contributed by atoms with Gasteiger partial charge in [-0.15, -0.1) is 0 Å². The van der Waals surface area contributed by atoms with E-state index in [1.165, 1.54) is 48.5 Å². The Morgan fingerprint density at radius 1 is 0.889 bits per heavy atom. The summed E-state index contributed by atoms with van der Waals surface area (Å²) in [6.07, 6.45) is 0. The normalized spacial score (nSPS) is 10.3. The number of nitro benzene ring substituents is 1. The lowest BCUT2D eigenvalue weighted by Crippen LogP contribution is -2.05. The Morgan fingerprint density at radius 2 is 1.44 bits per heavy atom. The molecule has 3 aromatic carbocycles. The topological polar surface area (TPSA) is 78.7 Å². The molecule has 0 amide bonds. The molecule has 0 fully saturated rings. The number of esters is 1. The van der Waals surface area contributed by atoms with E-state index in [0.717, 1.165) is 5.56 Å². The number of nitro groups is 1. The van der Waals surface area contributed by atoms with Crippen LogP contribution >= 0.6 is 0 Å². The van der Waals surface area contributed by atoms with Crippen LogP contribution in [0, 0.1) is 15.9 Å². The summed E-state index contributed by atoms with van der Waals surface area (Å²) in [6.45, 7) is 0.0635. The lowest BCUT2D eigenvalue weighted by atomic mass is 10.2. The fraction of sp³-hybridized carbons (Fsp3) is 0.0500. The summed E-state index contributed by atoms with van der Waals surface area (Å²) in [5, 5.41) is 10.6. The molecule has 0 N–H and O–H groups in total. The number of carbonyl (C=O) groups is 1. The van der Waals surface area contributed by atoms with Gasteiger partial charge >= 0.3 is 5.97 Å². The van der Waals surface area contributed by atoms with Crippen molar-refractivity contribution in [1.82, 2.24) is 0 Å². The van der Waals surface area contributed by atoms with Gasteiger partial charge in [0.15, 0.2) is 0 Å². The molecule has 0 aliphatic rings. The van der Waals surface area contributed by atoms with Crippen molar-refractivity contribution in [2.45, 2.75) is 6.61 Å². The summed E-state index contributed by atoms with van der Waals surface area (Å²) in [4.78, 5) is 22.1. The van der Waals surface area contributed by atoms with Gasteiger partial charge in [-0.05, 0) is 54.1 Å². The van der Waals surface area contributed by atoms with Gasteiger partial charge in [-0.1, -0.05) is 12.1 Å². The minimum Gasteiger partial charge on any atom is -0.457 e. The fourth-order valence-corrected chi connectivity index (χ4v) is 2.24.